The van der Waals surface area contributed by atoms with E-state index in [0.29, 0.717) is 5.16 Å². The molecule has 1 fully saturated rings. The van der Waals surface area contributed by atoms with Crippen molar-refractivity contribution in [1.29, 1.82) is 0 Å². The molecule has 0 atom stereocenters. The highest BCUT2D eigenvalue weighted by Gasteiger charge is 2.30. The van der Waals surface area contributed by atoms with Gasteiger partial charge < -0.3 is 0 Å². The number of aromatic nitrogens is 4. The number of amides is 1. The quantitative estimate of drug-likeness (QED) is 0.506. The number of benzene rings is 2. The Bertz CT molecular complexity index is 970. The molecule has 0 radical (unpaired) electrons. The van der Waals surface area contributed by atoms with E-state index in [1.54, 1.807) is 16.7 Å². The van der Waals surface area contributed by atoms with Crippen molar-refractivity contribution < 1.29 is 4.79 Å². The largest absolute Gasteiger partial charge is 0.298 e. The molecule has 2 aromatic carbocycles. The zero-order chi connectivity index (χ0) is 18.9. The van der Waals surface area contributed by atoms with Crippen LogP contribution in [0.25, 0.3) is 0 Å². The normalized spacial score (nSPS) is 16.5. The van der Waals surface area contributed by atoms with E-state index in [1.165, 1.54) is 19.3 Å². The van der Waals surface area contributed by atoms with Crippen molar-refractivity contribution in [2.45, 2.75) is 53.1 Å². The number of anilines is 2. The van der Waals surface area contributed by atoms with Gasteiger partial charge in [-0.3, -0.25) is 9.69 Å². The van der Waals surface area contributed by atoms with E-state index >= 15 is 0 Å². The van der Waals surface area contributed by atoms with Crippen molar-refractivity contribution in [1.82, 2.24) is 20.2 Å². The van der Waals surface area contributed by atoms with Gasteiger partial charge in [-0.1, -0.05) is 55.3 Å². The molecule has 6 nitrogen and oxygen atoms in total. The van der Waals surface area contributed by atoms with Crippen LogP contribution in [0.15, 0.2) is 63.5 Å². The molecule has 0 unspecified atom stereocenters. The lowest BCUT2D eigenvalue weighted by Crippen LogP contribution is -2.25. The first kappa shape index (κ1) is 17.8. The van der Waals surface area contributed by atoms with Gasteiger partial charge in [0.2, 0.25) is 5.16 Å². The number of para-hydroxylation sites is 2. The van der Waals surface area contributed by atoms with Crippen LogP contribution in [-0.2, 0) is 0 Å². The Morgan fingerprint density at radius 3 is 2.29 bits per heavy atom. The van der Waals surface area contributed by atoms with E-state index in [2.05, 4.69) is 15.5 Å². The smallest absolute Gasteiger partial charge is 0.269 e. The topological polar surface area (TPSA) is 63.9 Å². The Morgan fingerprint density at radius 1 is 0.964 bits per heavy atom. The van der Waals surface area contributed by atoms with Crippen molar-refractivity contribution in [2.75, 3.05) is 4.90 Å². The van der Waals surface area contributed by atoms with Gasteiger partial charge in [0, 0.05) is 21.6 Å². The van der Waals surface area contributed by atoms with E-state index in [-0.39, 0.29) is 11.3 Å². The van der Waals surface area contributed by atoms with Gasteiger partial charge >= 0.3 is 0 Å². The van der Waals surface area contributed by atoms with Crippen molar-refractivity contribution in [3.8, 4) is 0 Å². The molecular formula is C20H19N5OS2. The Balaban J connectivity index is 1.48. The number of hydrogen-bond donors (Lipinski definition) is 0. The van der Waals surface area contributed by atoms with E-state index in [4.69, 9.17) is 0 Å². The molecule has 2 heterocycles. The first-order chi connectivity index (χ1) is 13.8. The maximum atomic E-state index is 13.4. The van der Waals surface area contributed by atoms with E-state index in [0.717, 1.165) is 45.8 Å². The third-order valence-corrected chi connectivity index (χ3v) is 7.12. The summed E-state index contributed by atoms with van der Waals surface area (Å²) in [5.74, 6) is 0. The minimum atomic E-state index is -0.0907. The second-order valence-electron chi connectivity index (χ2n) is 6.94. The number of hydrogen-bond acceptors (Lipinski definition) is 6. The summed E-state index contributed by atoms with van der Waals surface area (Å²) in [6, 6.07) is 16.3. The van der Waals surface area contributed by atoms with Gasteiger partial charge in [-0.25, -0.2) is 4.68 Å². The van der Waals surface area contributed by atoms with Crippen molar-refractivity contribution >= 4 is 40.1 Å². The van der Waals surface area contributed by atoms with Crippen molar-refractivity contribution in [3.63, 3.8) is 0 Å². The zero-order valence-electron chi connectivity index (χ0n) is 15.2. The molecule has 1 aliphatic heterocycles. The molecule has 1 amide bonds. The average Bonchev–Trinajstić information content (AvgIpc) is 3.20. The Kier molecular flexibility index (Phi) is 4.82. The molecule has 0 bridgehead atoms. The highest BCUT2D eigenvalue weighted by molar-refractivity contribution is 8.13. The Morgan fingerprint density at radius 2 is 1.61 bits per heavy atom. The molecular weight excluding hydrogens is 390 g/mol. The molecule has 0 N–H and O–H groups in total. The van der Waals surface area contributed by atoms with Gasteiger partial charge in [-0.05, 0) is 47.5 Å². The summed E-state index contributed by atoms with van der Waals surface area (Å²) in [5, 5.41) is 12.7. The van der Waals surface area contributed by atoms with Crippen LogP contribution >= 0.6 is 23.5 Å². The van der Waals surface area contributed by atoms with E-state index in [9.17, 15) is 4.79 Å². The van der Waals surface area contributed by atoms with Gasteiger partial charge in [0.1, 0.15) is 0 Å². The van der Waals surface area contributed by atoms with E-state index in [1.807, 2.05) is 53.2 Å². The van der Waals surface area contributed by atoms with Gasteiger partial charge in [0.25, 0.3) is 5.24 Å². The van der Waals surface area contributed by atoms with Gasteiger partial charge in [0.15, 0.2) is 0 Å². The van der Waals surface area contributed by atoms with Gasteiger partial charge in [0.05, 0.1) is 17.4 Å². The summed E-state index contributed by atoms with van der Waals surface area (Å²) in [6.45, 7) is 0. The maximum Gasteiger partial charge on any atom is 0.298 e. The second kappa shape index (κ2) is 7.60. The Hall–Kier alpha value is -2.32. The number of carbonyl (C=O) groups excluding carboxylic acids is 1. The fraction of sp³-hybridized carbons (Fsp3) is 0.300. The van der Waals surface area contributed by atoms with Crippen LogP contribution in [0, 0.1) is 0 Å². The molecule has 5 rings (SSSR count). The fourth-order valence-corrected chi connectivity index (χ4v) is 5.69. The summed E-state index contributed by atoms with van der Waals surface area (Å²) in [4.78, 5) is 17.3. The minimum absolute atomic E-state index is 0.0907. The number of rotatable bonds is 2. The lowest BCUT2D eigenvalue weighted by Gasteiger charge is -2.30. The van der Waals surface area contributed by atoms with Crippen LogP contribution in [0.3, 0.4) is 0 Å². The second-order valence-corrected chi connectivity index (χ2v) is 8.94. The van der Waals surface area contributed by atoms with Gasteiger partial charge in [-0.15, -0.1) is 5.10 Å². The summed E-state index contributed by atoms with van der Waals surface area (Å²) in [6.07, 6.45) is 5.77. The van der Waals surface area contributed by atoms with E-state index < -0.39 is 0 Å². The van der Waals surface area contributed by atoms with Crippen LogP contribution in [-0.4, -0.2) is 25.4 Å². The van der Waals surface area contributed by atoms with Crippen molar-refractivity contribution in [3.05, 3.63) is 48.5 Å². The first-order valence-corrected chi connectivity index (χ1v) is 11.1. The molecule has 8 heteroatoms. The van der Waals surface area contributed by atoms with Crippen LogP contribution < -0.4 is 4.90 Å². The highest BCUT2D eigenvalue weighted by atomic mass is 32.2. The van der Waals surface area contributed by atoms with Crippen LogP contribution in [0.1, 0.15) is 38.1 Å². The molecule has 1 aromatic heterocycles. The molecule has 3 aromatic rings. The first-order valence-electron chi connectivity index (χ1n) is 9.47. The summed E-state index contributed by atoms with van der Waals surface area (Å²) in [5.41, 5.74) is 1.81. The van der Waals surface area contributed by atoms with Crippen molar-refractivity contribution in [2.24, 2.45) is 0 Å². The molecule has 1 aliphatic carbocycles. The molecule has 0 saturated heterocycles. The molecule has 142 valence electrons. The fourth-order valence-electron chi connectivity index (χ4n) is 3.83. The minimum Gasteiger partial charge on any atom is -0.269 e. The molecule has 28 heavy (non-hydrogen) atoms. The van der Waals surface area contributed by atoms with Crippen LogP contribution in [0.4, 0.5) is 16.2 Å². The van der Waals surface area contributed by atoms with Crippen LogP contribution in [0.2, 0.25) is 0 Å². The molecule has 1 saturated carbocycles. The monoisotopic (exact) mass is 409 g/mol. The summed E-state index contributed by atoms with van der Waals surface area (Å²) in [7, 11) is 0. The third kappa shape index (κ3) is 3.20. The lowest BCUT2D eigenvalue weighted by molar-refractivity contribution is 0.266. The van der Waals surface area contributed by atoms with Gasteiger partial charge in [-0.2, -0.15) is 0 Å². The lowest BCUT2D eigenvalue weighted by atomic mass is 9.96. The zero-order valence-corrected chi connectivity index (χ0v) is 16.8. The number of fused-ring (bicyclic) bond motifs is 2. The SMILES string of the molecule is O=C(Sc1nnnn1C1CCCCC1)N1c2ccccc2Sc2ccccc21. The predicted octanol–water partition coefficient (Wildman–Crippen LogP) is 5.69. The summed E-state index contributed by atoms with van der Waals surface area (Å²) >= 11 is 2.80. The molecule has 2 aliphatic rings. The summed E-state index contributed by atoms with van der Waals surface area (Å²) < 4.78 is 1.85. The molecule has 0 spiro atoms. The number of carbonyl (C=O) groups is 1. The van der Waals surface area contributed by atoms with Crippen LogP contribution in [0.5, 0.6) is 0 Å². The third-order valence-electron chi connectivity index (χ3n) is 5.18. The Labute approximate surface area is 171 Å². The predicted molar refractivity (Wildman–Crippen MR) is 110 cm³/mol. The number of nitrogens with zero attached hydrogens (tertiary/aromatic N) is 5. The maximum absolute atomic E-state index is 13.4. The number of tetrazole rings is 1. The number of thioether (sulfide) groups is 1. The average molecular weight is 410 g/mol. The standard InChI is InChI=1S/C20H19N5OS2/c26-20(28-19-21-22-23-25(19)14-8-2-1-3-9-14)24-15-10-4-6-12-17(15)27-18-13-7-5-11-16(18)24/h4-7,10-14H,1-3,8-9H2. The highest BCUT2D eigenvalue weighted by Crippen LogP contribution is 2.49.